The lowest BCUT2D eigenvalue weighted by atomic mass is 10.1. The number of hydroxylamine groups is 2. The summed E-state index contributed by atoms with van der Waals surface area (Å²) in [7, 11) is 0. The van der Waals surface area contributed by atoms with Gasteiger partial charge >= 0.3 is 6.02 Å². The molecular formula is C31H25Br2N3O3. The van der Waals surface area contributed by atoms with Crippen LogP contribution in [0.15, 0.2) is 117 Å². The molecule has 0 unspecified atom stereocenters. The van der Waals surface area contributed by atoms with Crippen LogP contribution in [0, 0.1) is 0 Å². The van der Waals surface area contributed by atoms with Gasteiger partial charge < -0.3 is 9.64 Å². The minimum Gasteiger partial charge on any atom is -0.426 e. The van der Waals surface area contributed by atoms with Crippen molar-refractivity contribution in [2.45, 2.75) is 6.92 Å². The second kappa shape index (κ2) is 12.4. The van der Waals surface area contributed by atoms with Crippen LogP contribution in [0.5, 0.6) is 0 Å². The van der Waals surface area contributed by atoms with Gasteiger partial charge in [-0.25, -0.2) is 5.06 Å². The van der Waals surface area contributed by atoms with E-state index in [-0.39, 0.29) is 12.6 Å². The first kappa shape index (κ1) is 26.9. The van der Waals surface area contributed by atoms with Crippen LogP contribution in [0.4, 0.5) is 22.7 Å². The third-order valence-corrected chi connectivity index (χ3v) is 7.05. The number of hydrogen-bond donors (Lipinski definition) is 0. The molecule has 0 saturated carbocycles. The van der Waals surface area contributed by atoms with Crippen LogP contribution in [0.3, 0.4) is 0 Å². The van der Waals surface area contributed by atoms with Crippen molar-refractivity contribution < 1.29 is 14.4 Å². The summed E-state index contributed by atoms with van der Waals surface area (Å²) in [5, 5.41) is 1.57. The van der Waals surface area contributed by atoms with E-state index in [1.54, 1.807) is 11.1 Å². The van der Waals surface area contributed by atoms with Crippen molar-refractivity contribution >= 4 is 73.0 Å². The van der Waals surface area contributed by atoms with Crippen LogP contribution in [-0.4, -0.2) is 30.5 Å². The zero-order valence-corrected chi connectivity index (χ0v) is 24.3. The highest BCUT2D eigenvalue weighted by molar-refractivity contribution is 9.11. The SMILES string of the molecule is CCN1OC/C(=C\c2ccc(N(c3ccccc3)c3ccccc3)cc2)OC1=Nc1c(Br)cc(Br)cc1C=O. The van der Waals surface area contributed by atoms with E-state index in [0.717, 1.165) is 33.4 Å². The molecule has 1 aliphatic heterocycles. The Morgan fingerprint density at radius 1 is 0.897 bits per heavy atom. The van der Waals surface area contributed by atoms with Crippen molar-refractivity contribution in [1.29, 1.82) is 0 Å². The predicted octanol–water partition coefficient (Wildman–Crippen LogP) is 8.81. The first-order valence-electron chi connectivity index (χ1n) is 12.4. The van der Waals surface area contributed by atoms with E-state index in [2.05, 4.69) is 78.2 Å². The van der Waals surface area contributed by atoms with Crippen LogP contribution in [0.25, 0.3) is 6.08 Å². The molecule has 0 spiro atoms. The molecule has 1 aliphatic rings. The summed E-state index contributed by atoms with van der Waals surface area (Å²) < 4.78 is 7.59. The molecule has 0 aromatic heterocycles. The molecule has 1 heterocycles. The predicted molar refractivity (Wildman–Crippen MR) is 163 cm³/mol. The highest BCUT2D eigenvalue weighted by Gasteiger charge is 2.23. The van der Waals surface area contributed by atoms with Gasteiger partial charge in [0.15, 0.2) is 6.29 Å². The summed E-state index contributed by atoms with van der Waals surface area (Å²) in [5.74, 6) is 0.607. The molecule has 0 radical (unpaired) electrons. The summed E-state index contributed by atoms with van der Waals surface area (Å²) in [5.41, 5.74) is 5.05. The fourth-order valence-corrected chi connectivity index (χ4v) is 5.51. The lowest BCUT2D eigenvalue weighted by Crippen LogP contribution is -2.38. The van der Waals surface area contributed by atoms with Crippen molar-refractivity contribution in [1.82, 2.24) is 5.06 Å². The van der Waals surface area contributed by atoms with Gasteiger partial charge in [0.05, 0.1) is 5.69 Å². The molecule has 1 fully saturated rings. The Morgan fingerprint density at radius 3 is 2.10 bits per heavy atom. The minimum atomic E-state index is 0.261. The van der Waals surface area contributed by atoms with E-state index in [0.29, 0.717) is 28.0 Å². The first-order chi connectivity index (χ1) is 19.1. The number of carbonyl (C=O) groups is 1. The lowest BCUT2D eigenvalue weighted by molar-refractivity contribution is -0.130. The largest absolute Gasteiger partial charge is 0.426 e. The zero-order chi connectivity index (χ0) is 27.2. The molecule has 0 bridgehead atoms. The van der Waals surface area contributed by atoms with Gasteiger partial charge in [0.25, 0.3) is 0 Å². The molecule has 1 saturated heterocycles. The smallest absolute Gasteiger partial charge is 0.322 e. The van der Waals surface area contributed by atoms with Crippen LogP contribution in [0.2, 0.25) is 0 Å². The number of rotatable bonds is 7. The summed E-state index contributed by atoms with van der Waals surface area (Å²) in [4.78, 5) is 24.4. The highest BCUT2D eigenvalue weighted by Crippen LogP contribution is 2.35. The standard InChI is InChI=1S/C31H25Br2N3O3/c1-2-35-31(34-30-23(20-37)18-24(32)19-29(30)33)39-28(21-38-35)17-22-13-15-27(16-14-22)36(25-9-5-3-6-10-25)26-11-7-4-8-12-26/h3-20H,2,21H2,1H3/b28-17+,34-31?. The number of anilines is 3. The maximum Gasteiger partial charge on any atom is 0.322 e. The molecular weight excluding hydrogens is 622 g/mol. The topological polar surface area (TPSA) is 54.4 Å². The summed E-state index contributed by atoms with van der Waals surface area (Å²) in [6.45, 7) is 2.73. The normalized spacial score (nSPS) is 15.3. The Morgan fingerprint density at radius 2 is 1.51 bits per heavy atom. The quantitative estimate of drug-likeness (QED) is 0.188. The zero-order valence-electron chi connectivity index (χ0n) is 21.1. The van der Waals surface area contributed by atoms with Gasteiger partial charge in [0.2, 0.25) is 0 Å². The number of benzene rings is 4. The van der Waals surface area contributed by atoms with Crippen molar-refractivity contribution in [3.05, 3.63) is 123 Å². The molecule has 5 rings (SSSR count). The first-order valence-corrected chi connectivity index (χ1v) is 14.0. The number of aldehydes is 1. The molecule has 196 valence electrons. The molecule has 0 aliphatic carbocycles. The van der Waals surface area contributed by atoms with Gasteiger partial charge in [-0.3, -0.25) is 9.63 Å². The molecule has 0 N–H and O–H groups in total. The van der Waals surface area contributed by atoms with Gasteiger partial charge in [-0.05, 0) is 83.0 Å². The number of hydrogen-bond acceptors (Lipinski definition) is 5. The number of aliphatic imine (C=N–C) groups is 1. The van der Waals surface area contributed by atoms with E-state index in [9.17, 15) is 4.79 Å². The second-order valence-electron chi connectivity index (χ2n) is 8.62. The molecule has 0 amide bonds. The summed E-state index contributed by atoms with van der Waals surface area (Å²) in [6, 6.07) is 32.6. The van der Waals surface area contributed by atoms with Gasteiger partial charge in [-0.15, -0.1) is 0 Å². The number of ether oxygens (including phenoxy) is 1. The monoisotopic (exact) mass is 645 g/mol. The van der Waals surface area contributed by atoms with Crippen LogP contribution < -0.4 is 4.90 Å². The molecule has 4 aromatic carbocycles. The van der Waals surface area contributed by atoms with Gasteiger partial charge in [-0.1, -0.05) is 64.5 Å². The molecule has 39 heavy (non-hydrogen) atoms. The van der Waals surface area contributed by atoms with E-state index < -0.39 is 0 Å². The Balaban J connectivity index is 1.43. The maximum absolute atomic E-state index is 11.7. The van der Waals surface area contributed by atoms with Crippen LogP contribution in [-0.2, 0) is 9.57 Å². The summed E-state index contributed by atoms with van der Waals surface area (Å²) in [6.07, 6.45) is 2.69. The van der Waals surface area contributed by atoms with Crippen LogP contribution in [0.1, 0.15) is 22.8 Å². The van der Waals surface area contributed by atoms with E-state index in [4.69, 9.17) is 9.57 Å². The number of para-hydroxylation sites is 2. The van der Waals surface area contributed by atoms with Gasteiger partial charge in [0.1, 0.15) is 12.4 Å². The number of amidine groups is 1. The maximum atomic E-state index is 11.7. The Hall–Kier alpha value is -3.72. The Bertz CT molecular complexity index is 1470. The fourth-order valence-electron chi connectivity index (χ4n) is 4.17. The summed E-state index contributed by atoms with van der Waals surface area (Å²) >= 11 is 6.91. The highest BCUT2D eigenvalue weighted by atomic mass is 79.9. The van der Waals surface area contributed by atoms with E-state index >= 15 is 0 Å². The van der Waals surface area contributed by atoms with Crippen LogP contribution >= 0.6 is 31.9 Å². The number of carbonyl (C=O) groups excluding carboxylic acids is 1. The molecule has 0 atom stereocenters. The van der Waals surface area contributed by atoms with Crippen molar-refractivity contribution in [3.8, 4) is 0 Å². The van der Waals surface area contributed by atoms with Crippen molar-refractivity contribution in [2.24, 2.45) is 4.99 Å². The minimum absolute atomic E-state index is 0.261. The number of nitrogens with zero attached hydrogens (tertiary/aromatic N) is 3. The number of halogens is 2. The average molecular weight is 647 g/mol. The fraction of sp³-hybridized carbons (Fsp3) is 0.0968. The Kier molecular flexibility index (Phi) is 8.56. The molecule has 4 aromatic rings. The molecule has 6 nitrogen and oxygen atoms in total. The molecule has 8 heteroatoms. The second-order valence-corrected chi connectivity index (χ2v) is 10.4. The van der Waals surface area contributed by atoms with E-state index in [1.165, 1.54) is 0 Å². The van der Waals surface area contributed by atoms with Crippen molar-refractivity contribution in [2.75, 3.05) is 18.1 Å². The van der Waals surface area contributed by atoms with Gasteiger partial charge in [-0.2, -0.15) is 4.99 Å². The third-order valence-electron chi connectivity index (χ3n) is 5.99. The average Bonchev–Trinajstić information content (AvgIpc) is 2.97. The van der Waals surface area contributed by atoms with Crippen molar-refractivity contribution in [3.63, 3.8) is 0 Å². The van der Waals surface area contributed by atoms with Gasteiger partial charge in [0, 0.05) is 38.1 Å². The lowest BCUT2D eigenvalue weighted by Gasteiger charge is -2.29. The third kappa shape index (κ3) is 6.30. The Labute approximate surface area is 244 Å². The van der Waals surface area contributed by atoms with E-state index in [1.807, 2.05) is 67.6 Å².